The zero-order valence-corrected chi connectivity index (χ0v) is 6.31. The third kappa shape index (κ3) is 1.54. The first-order valence-corrected chi connectivity index (χ1v) is 3.95. The number of hydrogen-bond acceptors (Lipinski definition) is 2. The van der Waals surface area contributed by atoms with E-state index >= 15 is 0 Å². The van der Waals surface area contributed by atoms with Crippen LogP contribution >= 0.6 is 22.6 Å². The highest BCUT2D eigenvalue weighted by atomic mass is 127. The molecule has 3 heteroatoms. The van der Waals surface area contributed by atoms with Gasteiger partial charge in [0.05, 0.1) is 13.3 Å². The number of nitrogens with one attached hydrogen (secondary N) is 1. The highest BCUT2D eigenvalue weighted by Gasteiger charge is 2.09. The number of halogens is 1. The molecule has 0 spiro atoms. The van der Waals surface area contributed by atoms with Gasteiger partial charge in [-0.1, -0.05) is 22.6 Å². The minimum Gasteiger partial charge on any atom is -0.291 e. The third-order valence-electron chi connectivity index (χ3n) is 1.07. The highest BCUT2D eigenvalue weighted by molar-refractivity contribution is 14.1. The van der Waals surface area contributed by atoms with E-state index < -0.39 is 0 Å². The first-order chi connectivity index (χ1) is 3.43. The van der Waals surface area contributed by atoms with Crippen molar-refractivity contribution in [1.29, 1.82) is 0 Å². The SMILES string of the molecule is ICCN1CNC1. The first-order valence-electron chi connectivity index (χ1n) is 2.42. The Morgan fingerprint density at radius 1 is 1.57 bits per heavy atom. The second kappa shape index (κ2) is 2.84. The summed E-state index contributed by atoms with van der Waals surface area (Å²) >= 11 is 2.39. The molecule has 1 rings (SSSR count). The van der Waals surface area contributed by atoms with Crippen molar-refractivity contribution in [2.45, 2.75) is 0 Å². The second-order valence-corrected chi connectivity index (χ2v) is 2.73. The van der Waals surface area contributed by atoms with Gasteiger partial charge in [0, 0.05) is 11.0 Å². The summed E-state index contributed by atoms with van der Waals surface area (Å²) < 4.78 is 1.25. The molecular formula is C4H9IN2. The maximum Gasteiger partial charge on any atom is 0.0502 e. The Hall–Kier alpha value is 0.650. The molecule has 2 nitrogen and oxygen atoms in total. The fourth-order valence-electron chi connectivity index (χ4n) is 0.548. The molecule has 0 aromatic rings. The van der Waals surface area contributed by atoms with Crippen LogP contribution in [0.5, 0.6) is 0 Å². The van der Waals surface area contributed by atoms with Crippen LogP contribution in [0.2, 0.25) is 0 Å². The van der Waals surface area contributed by atoms with E-state index in [1.165, 1.54) is 11.0 Å². The molecule has 42 valence electrons. The highest BCUT2D eigenvalue weighted by Crippen LogP contribution is 1.93. The van der Waals surface area contributed by atoms with Crippen molar-refractivity contribution in [1.82, 2.24) is 10.2 Å². The van der Waals surface area contributed by atoms with E-state index in [0.29, 0.717) is 0 Å². The van der Waals surface area contributed by atoms with Crippen LogP contribution in [0.3, 0.4) is 0 Å². The molecule has 0 amide bonds. The lowest BCUT2D eigenvalue weighted by molar-refractivity contribution is 0.150. The summed E-state index contributed by atoms with van der Waals surface area (Å²) in [7, 11) is 0. The Labute approximate surface area is 57.4 Å². The predicted octanol–water partition coefficient (Wildman–Crippen LogP) is 0.242. The van der Waals surface area contributed by atoms with Crippen molar-refractivity contribution in [3.63, 3.8) is 0 Å². The molecule has 1 saturated heterocycles. The molecule has 1 aliphatic rings. The van der Waals surface area contributed by atoms with E-state index in [2.05, 4.69) is 32.8 Å². The molecule has 0 bridgehead atoms. The topological polar surface area (TPSA) is 15.3 Å². The quantitative estimate of drug-likeness (QED) is 0.521. The van der Waals surface area contributed by atoms with Gasteiger partial charge in [-0.25, -0.2) is 0 Å². The molecule has 0 radical (unpaired) electrons. The van der Waals surface area contributed by atoms with Crippen LogP contribution in [0.4, 0.5) is 0 Å². The zero-order chi connectivity index (χ0) is 5.11. The number of alkyl halides is 1. The average Bonchev–Trinajstić information content (AvgIpc) is 1.55. The summed E-state index contributed by atoms with van der Waals surface area (Å²) in [6.07, 6.45) is 0. The number of nitrogens with zero attached hydrogens (tertiary/aromatic N) is 1. The second-order valence-electron chi connectivity index (χ2n) is 1.65. The van der Waals surface area contributed by atoms with Crippen molar-refractivity contribution in [3.05, 3.63) is 0 Å². The minimum atomic E-state index is 1.10. The summed E-state index contributed by atoms with van der Waals surface area (Å²) in [6.45, 7) is 3.44. The Kier molecular flexibility index (Phi) is 2.34. The van der Waals surface area contributed by atoms with Gasteiger partial charge in [-0.2, -0.15) is 0 Å². The minimum absolute atomic E-state index is 1.10. The van der Waals surface area contributed by atoms with Crippen molar-refractivity contribution in [2.24, 2.45) is 0 Å². The summed E-state index contributed by atoms with van der Waals surface area (Å²) in [5.74, 6) is 0. The molecule has 1 aliphatic heterocycles. The predicted molar refractivity (Wildman–Crippen MR) is 38.5 cm³/mol. The Balaban J connectivity index is 1.93. The summed E-state index contributed by atoms with van der Waals surface area (Å²) in [5.41, 5.74) is 0. The molecule has 0 atom stereocenters. The summed E-state index contributed by atoms with van der Waals surface area (Å²) in [6, 6.07) is 0. The van der Waals surface area contributed by atoms with Gasteiger partial charge in [0.25, 0.3) is 0 Å². The molecule has 0 aliphatic carbocycles. The van der Waals surface area contributed by atoms with Crippen LogP contribution in [0, 0.1) is 0 Å². The van der Waals surface area contributed by atoms with Gasteiger partial charge in [-0.15, -0.1) is 0 Å². The molecule has 1 N–H and O–H groups in total. The normalized spacial score (nSPS) is 21.9. The van der Waals surface area contributed by atoms with Crippen molar-refractivity contribution in [3.8, 4) is 0 Å². The summed E-state index contributed by atoms with van der Waals surface area (Å²) in [4.78, 5) is 2.37. The zero-order valence-electron chi connectivity index (χ0n) is 4.15. The van der Waals surface area contributed by atoms with Gasteiger partial charge in [0.1, 0.15) is 0 Å². The number of hydrogen-bond donors (Lipinski definition) is 1. The van der Waals surface area contributed by atoms with Crippen molar-refractivity contribution >= 4 is 22.6 Å². The van der Waals surface area contributed by atoms with E-state index in [0.717, 1.165) is 13.3 Å². The van der Waals surface area contributed by atoms with Gasteiger partial charge in [-0.05, 0) is 0 Å². The van der Waals surface area contributed by atoms with E-state index in [4.69, 9.17) is 0 Å². The number of rotatable bonds is 2. The Morgan fingerprint density at radius 3 is 2.43 bits per heavy atom. The molecule has 1 fully saturated rings. The third-order valence-corrected chi connectivity index (χ3v) is 1.55. The van der Waals surface area contributed by atoms with E-state index in [-0.39, 0.29) is 0 Å². The lowest BCUT2D eigenvalue weighted by Gasteiger charge is -2.30. The fraction of sp³-hybridized carbons (Fsp3) is 1.00. The van der Waals surface area contributed by atoms with Gasteiger partial charge in [-0.3, -0.25) is 10.2 Å². The van der Waals surface area contributed by atoms with Crippen LogP contribution in [0.15, 0.2) is 0 Å². The smallest absolute Gasteiger partial charge is 0.0502 e. The van der Waals surface area contributed by atoms with Gasteiger partial charge in [0.15, 0.2) is 0 Å². The first kappa shape index (κ1) is 5.78. The monoisotopic (exact) mass is 212 g/mol. The van der Waals surface area contributed by atoms with Gasteiger partial charge < -0.3 is 0 Å². The lowest BCUT2D eigenvalue weighted by atomic mass is 10.5. The van der Waals surface area contributed by atoms with E-state index in [9.17, 15) is 0 Å². The molecule has 0 unspecified atom stereocenters. The standard InChI is InChI=1S/C4H9IN2/c5-1-2-7-3-6-4-7/h6H,1-4H2. The van der Waals surface area contributed by atoms with Crippen molar-refractivity contribution in [2.75, 3.05) is 24.3 Å². The van der Waals surface area contributed by atoms with Crippen LogP contribution < -0.4 is 5.32 Å². The molecule has 0 saturated carbocycles. The molecule has 0 aromatic heterocycles. The van der Waals surface area contributed by atoms with E-state index in [1.807, 2.05) is 0 Å². The van der Waals surface area contributed by atoms with Crippen molar-refractivity contribution < 1.29 is 0 Å². The van der Waals surface area contributed by atoms with Crippen LogP contribution in [0.25, 0.3) is 0 Å². The average molecular weight is 212 g/mol. The van der Waals surface area contributed by atoms with Crippen LogP contribution in [0.1, 0.15) is 0 Å². The van der Waals surface area contributed by atoms with Crippen LogP contribution in [-0.2, 0) is 0 Å². The summed E-state index contributed by atoms with van der Waals surface area (Å²) in [5, 5.41) is 3.17. The maximum absolute atomic E-state index is 3.17. The fourth-order valence-corrected chi connectivity index (χ4v) is 1.23. The largest absolute Gasteiger partial charge is 0.291 e. The van der Waals surface area contributed by atoms with Gasteiger partial charge >= 0.3 is 0 Å². The van der Waals surface area contributed by atoms with E-state index in [1.54, 1.807) is 0 Å². The molecule has 7 heavy (non-hydrogen) atoms. The lowest BCUT2D eigenvalue weighted by Crippen LogP contribution is -2.52. The molecular weight excluding hydrogens is 203 g/mol. The van der Waals surface area contributed by atoms with Crippen LogP contribution in [-0.4, -0.2) is 29.2 Å². The molecule has 1 heterocycles. The molecule has 0 aromatic carbocycles. The maximum atomic E-state index is 3.17. The van der Waals surface area contributed by atoms with Gasteiger partial charge in [0.2, 0.25) is 0 Å². The Morgan fingerprint density at radius 2 is 2.29 bits per heavy atom. The Bertz CT molecular complexity index is 53.7.